The van der Waals surface area contributed by atoms with Gasteiger partial charge in [-0.1, -0.05) is 0 Å². The molecule has 0 saturated carbocycles. The van der Waals surface area contributed by atoms with Crippen molar-refractivity contribution in [2.24, 2.45) is 0 Å². The molecule has 0 radical (unpaired) electrons. The zero-order valence-electron chi connectivity index (χ0n) is 13.3. The minimum absolute atomic E-state index is 0.964. The summed E-state index contributed by atoms with van der Waals surface area (Å²) in [6.45, 7) is 7.72. The molecule has 114 valence electrons. The van der Waals surface area contributed by atoms with Gasteiger partial charge in [-0.2, -0.15) is 0 Å². The summed E-state index contributed by atoms with van der Waals surface area (Å²) in [6.07, 6.45) is 3.26. The molecular weight excluding hydrogens is 262 g/mol. The van der Waals surface area contributed by atoms with Crippen molar-refractivity contribution in [1.82, 2.24) is 14.8 Å². The molecule has 4 nitrogen and oxygen atoms in total. The van der Waals surface area contributed by atoms with E-state index in [1.54, 1.807) is 7.11 Å². The molecular formula is C17H25N3O. The monoisotopic (exact) mass is 287 g/mol. The summed E-state index contributed by atoms with van der Waals surface area (Å²) in [6, 6.07) is 4.32. The van der Waals surface area contributed by atoms with Crippen molar-refractivity contribution >= 4 is 10.9 Å². The first kappa shape index (κ1) is 14.4. The molecule has 1 aromatic heterocycles. The molecule has 1 aromatic carbocycles. The molecule has 0 spiro atoms. The van der Waals surface area contributed by atoms with E-state index >= 15 is 0 Å². The van der Waals surface area contributed by atoms with Crippen LogP contribution in [-0.2, 0) is 6.54 Å². The Morgan fingerprint density at radius 3 is 2.90 bits per heavy atom. The number of benzene rings is 1. The normalized spacial score (nSPS) is 18.0. The number of ether oxygens (including phenoxy) is 1. The molecule has 1 aliphatic rings. The SMILES string of the molecule is COc1cc(C)c2[nH]ccc2c1CN1CCCN(C)CC1. The highest BCUT2D eigenvalue weighted by Crippen LogP contribution is 2.31. The maximum Gasteiger partial charge on any atom is 0.124 e. The van der Waals surface area contributed by atoms with Crippen LogP contribution in [0.2, 0.25) is 0 Å². The van der Waals surface area contributed by atoms with E-state index in [1.807, 2.05) is 6.20 Å². The lowest BCUT2D eigenvalue weighted by molar-refractivity contribution is 0.266. The smallest absolute Gasteiger partial charge is 0.124 e. The van der Waals surface area contributed by atoms with Crippen molar-refractivity contribution in [2.45, 2.75) is 19.9 Å². The maximum absolute atomic E-state index is 5.65. The van der Waals surface area contributed by atoms with Crippen LogP contribution in [0.4, 0.5) is 0 Å². The third-order valence-electron chi connectivity index (χ3n) is 4.53. The van der Waals surface area contributed by atoms with Crippen LogP contribution in [-0.4, -0.2) is 55.1 Å². The van der Waals surface area contributed by atoms with Crippen molar-refractivity contribution in [1.29, 1.82) is 0 Å². The van der Waals surface area contributed by atoms with E-state index in [0.29, 0.717) is 0 Å². The topological polar surface area (TPSA) is 31.5 Å². The highest BCUT2D eigenvalue weighted by atomic mass is 16.5. The Labute approximate surface area is 126 Å². The molecule has 1 N–H and O–H groups in total. The lowest BCUT2D eigenvalue weighted by Crippen LogP contribution is -2.28. The molecule has 3 rings (SSSR count). The predicted octanol–water partition coefficient (Wildman–Crippen LogP) is 2.62. The fourth-order valence-electron chi connectivity index (χ4n) is 3.26. The number of nitrogens with zero attached hydrogens (tertiary/aromatic N) is 2. The molecule has 1 saturated heterocycles. The first-order valence-corrected chi connectivity index (χ1v) is 7.73. The number of aromatic amines is 1. The summed E-state index contributed by atoms with van der Waals surface area (Å²) in [5.74, 6) is 1.01. The van der Waals surface area contributed by atoms with Crippen LogP contribution in [0.1, 0.15) is 17.5 Å². The Morgan fingerprint density at radius 2 is 2.10 bits per heavy atom. The first-order valence-electron chi connectivity index (χ1n) is 7.73. The van der Waals surface area contributed by atoms with Gasteiger partial charge in [-0.25, -0.2) is 0 Å². The number of hydrogen-bond acceptors (Lipinski definition) is 3. The standard InChI is InChI=1S/C17H25N3O/c1-13-11-16(21-3)15(14-5-6-18-17(13)14)12-20-8-4-7-19(2)9-10-20/h5-6,11,18H,4,7-10,12H2,1-3H3. The Bertz CT molecular complexity index is 620. The van der Waals surface area contributed by atoms with Gasteiger partial charge in [0.1, 0.15) is 5.75 Å². The quantitative estimate of drug-likeness (QED) is 0.941. The Kier molecular flexibility index (Phi) is 4.17. The van der Waals surface area contributed by atoms with Gasteiger partial charge >= 0.3 is 0 Å². The summed E-state index contributed by atoms with van der Waals surface area (Å²) in [5.41, 5.74) is 3.79. The molecule has 0 atom stereocenters. The average Bonchev–Trinajstić information content (AvgIpc) is 2.88. The zero-order valence-corrected chi connectivity index (χ0v) is 13.3. The van der Waals surface area contributed by atoms with E-state index in [0.717, 1.165) is 31.9 Å². The van der Waals surface area contributed by atoms with Gasteiger partial charge in [0.2, 0.25) is 0 Å². The van der Waals surface area contributed by atoms with Crippen molar-refractivity contribution in [3.63, 3.8) is 0 Å². The van der Waals surface area contributed by atoms with Crippen LogP contribution in [0.25, 0.3) is 10.9 Å². The molecule has 21 heavy (non-hydrogen) atoms. The number of hydrogen-bond donors (Lipinski definition) is 1. The average molecular weight is 287 g/mol. The zero-order chi connectivity index (χ0) is 14.8. The lowest BCUT2D eigenvalue weighted by atomic mass is 10.0. The second kappa shape index (κ2) is 6.08. The number of aromatic nitrogens is 1. The first-order chi connectivity index (χ1) is 10.2. The Balaban J connectivity index is 1.92. The number of likely N-dealkylation sites (N-methyl/N-ethyl adjacent to an activating group) is 1. The minimum atomic E-state index is 0.964. The van der Waals surface area contributed by atoms with Crippen LogP contribution >= 0.6 is 0 Å². The van der Waals surface area contributed by atoms with E-state index in [4.69, 9.17) is 4.74 Å². The fourth-order valence-corrected chi connectivity index (χ4v) is 3.26. The summed E-state index contributed by atoms with van der Waals surface area (Å²) >= 11 is 0. The van der Waals surface area contributed by atoms with Crippen molar-refractivity contribution in [3.05, 3.63) is 29.5 Å². The number of rotatable bonds is 3. The predicted molar refractivity (Wildman–Crippen MR) is 87.0 cm³/mol. The van der Waals surface area contributed by atoms with E-state index in [1.165, 1.54) is 35.0 Å². The van der Waals surface area contributed by atoms with E-state index in [9.17, 15) is 0 Å². The molecule has 1 aliphatic heterocycles. The van der Waals surface area contributed by atoms with E-state index in [2.05, 4.69) is 40.9 Å². The van der Waals surface area contributed by atoms with Gasteiger partial charge in [0.05, 0.1) is 7.11 Å². The number of methoxy groups -OCH3 is 1. The van der Waals surface area contributed by atoms with Crippen molar-refractivity contribution in [3.8, 4) is 5.75 Å². The molecule has 0 aliphatic carbocycles. The summed E-state index contributed by atoms with van der Waals surface area (Å²) in [4.78, 5) is 8.31. The van der Waals surface area contributed by atoms with Gasteiger partial charge in [-0.15, -0.1) is 0 Å². The summed E-state index contributed by atoms with van der Waals surface area (Å²) in [5, 5.41) is 1.30. The third-order valence-corrected chi connectivity index (χ3v) is 4.53. The Hall–Kier alpha value is -1.52. The van der Waals surface area contributed by atoms with Gasteiger partial charge in [-0.05, 0) is 51.2 Å². The number of aryl methyl sites for hydroxylation is 1. The second-order valence-electron chi connectivity index (χ2n) is 6.07. The maximum atomic E-state index is 5.65. The summed E-state index contributed by atoms with van der Waals surface area (Å²) in [7, 11) is 3.98. The minimum Gasteiger partial charge on any atom is -0.496 e. The third kappa shape index (κ3) is 2.92. The molecule has 4 heteroatoms. The lowest BCUT2D eigenvalue weighted by Gasteiger charge is -2.22. The molecule has 0 unspecified atom stereocenters. The fraction of sp³-hybridized carbons (Fsp3) is 0.529. The van der Waals surface area contributed by atoms with Crippen molar-refractivity contribution in [2.75, 3.05) is 40.3 Å². The van der Waals surface area contributed by atoms with Gasteiger partial charge in [0.15, 0.2) is 0 Å². The van der Waals surface area contributed by atoms with Crippen LogP contribution < -0.4 is 4.74 Å². The molecule has 0 bridgehead atoms. The summed E-state index contributed by atoms with van der Waals surface area (Å²) < 4.78 is 5.65. The molecule has 0 amide bonds. The van der Waals surface area contributed by atoms with Crippen LogP contribution in [0, 0.1) is 6.92 Å². The van der Waals surface area contributed by atoms with Gasteiger partial charge < -0.3 is 14.6 Å². The largest absolute Gasteiger partial charge is 0.496 e. The van der Waals surface area contributed by atoms with Gasteiger partial charge in [-0.3, -0.25) is 4.90 Å². The van der Waals surface area contributed by atoms with Crippen LogP contribution in [0.15, 0.2) is 18.3 Å². The highest BCUT2D eigenvalue weighted by molar-refractivity contribution is 5.88. The highest BCUT2D eigenvalue weighted by Gasteiger charge is 2.17. The van der Waals surface area contributed by atoms with Crippen LogP contribution in [0.5, 0.6) is 5.75 Å². The van der Waals surface area contributed by atoms with E-state index in [-0.39, 0.29) is 0 Å². The number of nitrogens with one attached hydrogen (secondary N) is 1. The van der Waals surface area contributed by atoms with Gasteiger partial charge in [0, 0.05) is 42.3 Å². The van der Waals surface area contributed by atoms with Crippen molar-refractivity contribution < 1.29 is 4.74 Å². The van der Waals surface area contributed by atoms with Gasteiger partial charge in [0.25, 0.3) is 0 Å². The number of fused-ring (bicyclic) bond motifs is 1. The second-order valence-corrected chi connectivity index (χ2v) is 6.07. The van der Waals surface area contributed by atoms with Crippen LogP contribution in [0.3, 0.4) is 0 Å². The molecule has 1 fully saturated rings. The molecule has 2 heterocycles. The van der Waals surface area contributed by atoms with E-state index < -0.39 is 0 Å². The Morgan fingerprint density at radius 1 is 1.24 bits per heavy atom. The number of H-pyrrole nitrogens is 1. The molecule has 2 aromatic rings.